The molecule has 0 saturated carbocycles. The molecule has 1 aliphatic rings. The first-order valence-corrected chi connectivity index (χ1v) is 14.9. The maximum atomic E-state index is 4.09. The minimum absolute atomic E-state index is 0.544. The molecule has 1 aliphatic carbocycles. The number of nitrogens with one attached hydrogen (secondary N) is 1. The SMILES string of the molecule is Brc1cccc2c1C(c1cccc3ccccc13)(c1cccc3ccccc13)c1ccc3c([nH]c4ccccc43)c1-2. The monoisotopic (exact) mass is 585 g/mol. The van der Waals surface area contributed by atoms with E-state index in [0.717, 1.165) is 4.47 Å². The number of halogens is 1. The van der Waals surface area contributed by atoms with Crippen LogP contribution < -0.4 is 0 Å². The second kappa shape index (κ2) is 8.42. The summed E-state index contributed by atoms with van der Waals surface area (Å²) in [4.78, 5) is 3.84. The van der Waals surface area contributed by atoms with Crippen LogP contribution in [0, 0.1) is 0 Å². The van der Waals surface area contributed by atoms with Crippen LogP contribution in [0.4, 0.5) is 0 Å². The summed E-state index contributed by atoms with van der Waals surface area (Å²) in [5, 5.41) is 7.56. The molecular formula is C39H24BrN. The van der Waals surface area contributed by atoms with E-state index in [9.17, 15) is 0 Å². The molecule has 0 unspecified atom stereocenters. The van der Waals surface area contributed by atoms with E-state index in [0.29, 0.717) is 0 Å². The van der Waals surface area contributed by atoms with Gasteiger partial charge in [0, 0.05) is 26.3 Å². The summed E-state index contributed by atoms with van der Waals surface area (Å²) in [6, 6.07) is 51.3. The van der Waals surface area contributed by atoms with E-state index in [1.807, 2.05) is 0 Å². The Balaban J connectivity index is 1.57. The Labute approximate surface area is 246 Å². The Morgan fingerprint density at radius 2 is 1.05 bits per heavy atom. The number of hydrogen-bond acceptors (Lipinski definition) is 0. The van der Waals surface area contributed by atoms with Gasteiger partial charge >= 0.3 is 0 Å². The highest BCUT2D eigenvalue weighted by Gasteiger charge is 2.49. The Morgan fingerprint density at radius 1 is 0.463 bits per heavy atom. The molecule has 1 N–H and O–H groups in total. The lowest BCUT2D eigenvalue weighted by Crippen LogP contribution is -2.29. The molecule has 0 atom stereocenters. The quantitative estimate of drug-likeness (QED) is 0.207. The molecule has 1 aromatic heterocycles. The zero-order valence-electron chi connectivity index (χ0n) is 22.2. The van der Waals surface area contributed by atoms with Crippen molar-refractivity contribution in [2.75, 3.05) is 0 Å². The fraction of sp³-hybridized carbons (Fsp3) is 0.0256. The average molecular weight is 587 g/mol. The second-order valence-corrected chi connectivity index (χ2v) is 11.9. The fourth-order valence-electron chi connectivity index (χ4n) is 7.57. The molecule has 7 aromatic carbocycles. The van der Waals surface area contributed by atoms with Gasteiger partial charge in [-0.2, -0.15) is 0 Å². The van der Waals surface area contributed by atoms with Gasteiger partial charge in [0.25, 0.3) is 0 Å². The summed E-state index contributed by atoms with van der Waals surface area (Å²) < 4.78 is 1.12. The largest absolute Gasteiger partial charge is 0.354 e. The lowest BCUT2D eigenvalue weighted by Gasteiger charge is -2.36. The van der Waals surface area contributed by atoms with Crippen molar-refractivity contribution in [2.45, 2.75) is 5.41 Å². The maximum absolute atomic E-state index is 4.09. The van der Waals surface area contributed by atoms with Crippen LogP contribution in [-0.4, -0.2) is 4.98 Å². The molecule has 41 heavy (non-hydrogen) atoms. The predicted octanol–water partition coefficient (Wildman–Crippen LogP) is 10.8. The minimum atomic E-state index is -0.544. The van der Waals surface area contributed by atoms with Gasteiger partial charge in [-0.1, -0.05) is 143 Å². The van der Waals surface area contributed by atoms with Crippen LogP contribution >= 0.6 is 15.9 Å². The summed E-state index contributed by atoms with van der Waals surface area (Å²) in [7, 11) is 0. The third-order valence-corrected chi connectivity index (χ3v) is 9.79. The number of benzene rings is 7. The van der Waals surface area contributed by atoms with Gasteiger partial charge in [0.15, 0.2) is 0 Å². The first-order chi connectivity index (χ1) is 20.3. The molecule has 192 valence electrons. The van der Waals surface area contributed by atoms with Crippen molar-refractivity contribution in [1.29, 1.82) is 0 Å². The first-order valence-electron chi connectivity index (χ1n) is 14.1. The maximum Gasteiger partial charge on any atom is 0.0737 e. The Kier molecular flexibility index (Phi) is 4.74. The van der Waals surface area contributed by atoms with Crippen molar-refractivity contribution in [2.24, 2.45) is 0 Å². The molecule has 1 nitrogen and oxygen atoms in total. The highest BCUT2D eigenvalue weighted by molar-refractivity contribution is 9.10. The lowest BCUT2D eigenvalue weighted by atomic mass is 9.65. The van der Waals surface area contributed by atoms with Crippen LogP contribution in [0.5, 0.6) is 0 Å². The van der Waals surface area contributed by atoms with Crippen molar-refractivity contribution in [1.82, 2.24) is 4.98 Å². The third kappa shape index (κ3) is 2.95. The van der Waals surface area contributed by atoms with Crippen LogP contribution in [0.3, 0.4) is 0 Å². The minimum Gasteiger partial charge on any atom is -0.354 e. The predicted molar refractivity (Wildman–Crippen MR) is 176 cm³/mol. The number of aromatic amines is 1. The topological polar surface area (TPSA) is 15.8 Å². The van der Waals surface area contributed by atoms with E-state index in [1.165, 1.54) is 76.7 Å². The Bertz CT molecular complexity index is 2250. The van der Waals surface area contributed by atoms with Gasteiger partial charge in [0.05, 0.1) is 10.9 Å². The molecule has 8 aromatic rings. The van der Waals surface area contributed by atoms with Crippen LogP contribution in [-0.2, 0) is 5.41 Å². The van der Waals surface area contributed by atoms with Crippen molar-refractivity contribution in [3.8, 4) is 11.1 Å². The van der Waals surface area contributed by atoms with Gasteiger partial charge in [-0.25, -0.2) is 0 Å². The van der Waals surface area contributed by atoms with Crippen molar-refractivity contribution in [3.05, 3.63) is 166 Å². The van der Waals surface area contributed by atoms with Gasteiger partial charge in [0.1, 0.15) is 0 Å². The smallest absolute Gasteiger partial charge is 0.0737 e. The molecule has 0 amide bonds. The Hall–Kier alpha value is -4.66. The zero-order valence-corrected chi connectivity index (χ0v) is 23.7. The van der Waals surface area contributed by atoms with E-state index in [4.69, 9.17) is 0 Å². The molecule has 0 spiro atoms. The van der Waals surface area contributed by atoms with Crippen LogP contribution in [0.25, 0.3) is 54.5 Å². The highest BCUT2D eigenvalue weighted by atomic mass is 79.9. The van der Waals surface area contributed by atoms with E-state index in [-0.39, 0.29) is 0 Å². The van der Waals surface area contributed by atoms with E-state index < -0.39 is 5.41 Å². The average Bonchev–Trinajstić information content (AvgIpc) is 3.55. The number of hydrogen-bond donors (Lipinski definition) is 1. The summed E-state index contributed by atoms with van der Waals surface area (Å²) in [6.07, 6.45) is 0. The summed E-state index contributed by atoms with van der Waals surface area (Å²) >= 11 is 4.09. The number of rotatable bonds is 2. The normalized spacial score (nSPS) is 13.7. The van der Waals surface area contributed by atoms with E-state index in [2.05, 4.69) is 160 Å². The van der Waals surface area contributed by atoms with Gasteiger partial charge in [-0.05, 0) is 61.5 Å². The standard InChI is InChI=1S/C39H24BrN/c40-34-20-9-17-30-36-33(23-22-29-28-16-5-6-21-35(28)41-38(29)36)39(37(30)34,31-18-7-12-24-10-1-3-14-26(24)31)32-19-8-13-25-11-2-4-15-27(25)32/h1-23,41H. The Morgan fingerprint density at radius 3 is 1.76 bits per heavy atom. The fourth-order valence-corrected chi connectivity index (χ4v) is 8.23. The summed E-state index contributed by atoms with van der Waals surface area (Å²) in [6.45, 7) is 0. The van der Waals surface area contributed by atoms with Gasteiger partial charge in [-0.15, -0.1) is 0 Å². The van der Waals surface area contributed by atoms with Gasteiger partial charge in [0.2, 0.25) is 0 Å². The zero-order chi connectivity index (χ0) is 27.1. The molecule has 0 bridgehead atoms. The molecule has 2 heteroatoms. The molecule has 9 rings (SSSR count). The van der Waals surface area contributed by atoms with Crippen LogP contribution in [0.1, 0.15) is 22.3 Å². The highest BCUT2D eigenvalue weighted by Crippen LogP contribution is 2.61. The molecule has 0 radical (unpaired) electrons. The summed E-state index contributed by atoms with van der Waals surface area (Å²) in [5.74, 6) is 0. The number of fused-ring (bicyclic) bond motifs is 9. The number of para-hydroxylation sites is 1. The number of H-pyrrole nitrogens is 1. The molecule has 0 aliphatic heterocycles. The second-order valence-electron chi connectivity index (χ2n) is 11.0. The van der Waals surface area contributed by atoms with Crippen molar-refractivity contribution < 1.29 is 0 Å². The molecule has 0 saturated heterocycles. The first kappa shape index (κ1) is 23.1. The third-order valence-electron chi connectivity index (χ3n) is 9.13. The molecule has 0 fully saturated rings. The van der Waals surface area contributed by atoms with Crippen LogP contribution in [0.2, 0.25) is 0 Å². The van der Waals surface area contributed by atoms with Gasteiger partial charge in [-0.3, -0.25) is 0 Å². The summed E-state index contributed by atoms with van der Waals surface area (Å²) in [5.41, 5.74) is 9.59. The van der Waals surface area contributed by atoms with Crippen LogP contribution in [0.15, 0.2) is 144 Å². The lowest BCUT2D eigenvalue weighted by molar-refractivity contribution is 0.781. The molecular weight excluding hydrogens is 562 g/mol. The van der Waals surface area contributed by atoms with Gasteiger partial charge < -0.3 is 4.98 Å². The van der Waals surface area contributed by atoms with E-state index >= 15 is 0 Å². The number of aromatic nitrogens is 1. The molecule has 1 heterocycles. The van der Waals surface area contributed by atoms with E-state index in [1.54, 1.807) is 0 Å². The van der Waals surface area contributed by atoms with Crippen molar-refractivity contribution >= 4 is 59.3 Å². The van der Waals surface area contributed by atoms with Crippen molar-refractivity contribution in [3.63, 3.8) is 0 Å².